The van der Waals surface area contributed by atoms with Crippen molar-refractivity contribution in [3.05, 3.63) is 59.7 Å². The number of rotatable bonds is 5. The van der Waals surface area contributed by atoms with Crippen LogP contribution in [0.1, 0.15) is 18.4 Å². The molecule has 1 aliphatic heterocycles. The summed E-state index contributed by atoms with van der Waals surface area (Å²) in [5.74, 6) is -4.00. The number of halogens is 2. The molecule has 30 heavy (non-hydrogen) atoms. The molecule has 0 saturated carbocycles. The Morgan fingerprint density at radius 3 is 2.47 bits per heavy atom. The summed E-state index contributed by atoms with van der Waals surface area (Å²) < 4.78 is 53.7. The largest absolute Gasteiger partial charge is 0.346 e. The number of nitrogens with zero attached hydrogens (tertiary/aromatic N) is 1. The number of amides is 2. The smallest absolute Gasteiger partial charge is 0.313 e. The van der Waals surface area contributed by atoms with Crippen molar-refractivity contribution in [1.29, 1.82) is 0 Å². The Kier molecular flexibility index (Phi) is 6.47. The molecule has 0 unspecified atom stereocenters. The van der Waals surface area contributed by atoms with Gasteiger partial charge in [0, 0.05) is 25.2 Å². The number of benzene rings is 2. The number of hydrogen-bond donors (Lipinski definition) is 2. The van der Waals surface area contributed by atoms with Crippen LogP contribution in [-0.2, 0) is 19.6 Å². The van der Waals surface area contributed by atoms with Gasteiger partial charge >= 0.3 is 11.8 Å². The molecule has 10 heteroatoms. The minimum absolute atomic E-state index is 0.0662. The predicted molar refractivity (Wildman–Crippen MR) is 106 cm³/mol. The molecule has 1 aliphatic rings. The van der Waals surface area contributed by atoms with Gasteiger partial charge in [-0.05, 0) is 44.0 Å². The first kappa shape index (κ1) is 21.8. The van der Waals surface area contributed by atoms with Gasteiger partial charge in [-0.1, -0.05) is 17.7 Å². The van der Waals surface area contributed by atoms with Crippen LogP contribution in [0.4, 0.5) is 14.5 Å². The van der Waals surface area contributed by atoms with Crippen molar-refractivity contribution in [3.8, 4) is 0 Å². The highest BCUT2D eigenvalue weighted by Gasteiger charge is 2.35. The van der Waals surface area contributed by atoms with E-state index in [-0.39, 0.29) is 17.1 Å². The van der Waals surface area contributed by atoms with Crippen molar-refractivity contribution in [3.63, 3.8) is 0 Å². The van der Waals surface area contributed by atoms with Gasteiger partial charge in [0.2, 0.25) is 10.0 Å². The minimum Gasteiger partial charge on any atom is -0.346 e. The second-order valence-electron chi connectivity index (χ2n) is 7.01. The van der Waals surface area contributed by atoms with E-state index < -0.39 is 39.5 Å². The van der Waals surface area contributed by atoms with Crippen LogP contribution in [-0.4, -0.2) is 43.7 Å². The quantitative estimate of drug-likeness (QED) is 0.701. The van der Waals surface area contributed by atoms with E-state index >= 15 is 0 Å². The molecule has 1 fully saturated rings. The molecule has 0 bridgehead atoms. The summed E-state index contributed by atoms with van der Waals surface area (Å²) in [5.41, 5.74) is 0.601. The molecule has 1 saturated heterocycles. The molecule has 1 heterocycles. The summed E-state index contributed by atoms with van der Waals surface area (Å²) in [5, 5.41) is 4.45. The second-order valence-corrected chi connectivity index (χ2v) is 8.90. The summed E-state index contributed by atoms with van der Waals surface area (Å²) in [6, 6.07) is 8.51. The van der Waals surface area contributed by atoms with Gasteiger partial charge in [0.25, 0.3) is 0 Å². The van der Waals surface area contributed by atoms with Gasteiger partial charge in [0.15, 0.2) is 0 Å². The van der Waals surface area contributed by atoms with Crippen LogP contribution in [0.2, 0.25) is 0 Å². The normalized spacial score (nSPS) is 17.0. The highest BCUT2D eigenvalue weighted by atomic mass is 32.2. The Morgan fingerprint density at radius 1 is 1.10 bits per heavy atom. The lowest BCUT2D eigenvalue weighted by Gasteiger charge is -2.24. The molecular weight excluding hydrogens is 416 g/mol. The fraction of sp³-hybridized carbons (Fsp3) is 0.300. The zero-order valence-electron chi connectivity index (χ0n) is 16.2. The van der Waals surface area contributed by atoms with Gasteiger partial charge < -0.3 is 10.6 Å². The molecule has 0 aliphatic carbocycles. The number of nitrogens with one attached hydrogen (secondary N) is 2. The van der Waals surface area contributed by atoms with E-state index in [2.05, 4.69) is 10.6 Å². The lowest BCUT2D eigenvalue weighted by atomic mass is 10.2. The maximum absolute atomic E-state index is 13.6. The van der Waals surface area contributed by atoms with Crippen molar-refractivity contribution < 1.29 is 26.8 Å². The third kappa shape index (κ3) is 4.82. The fourth-order valence-electron chi connectivity index (χ4n) is 3.24. The van der Waals surface area contributed by atoms with Crippen LogP contribution < -0.4 is 10.6 Å². The molecule has 7 nitrogen and oxygen atoms in total. The number of anilines is 1. The maximum Gasteiger partial charge on any atom is 0.313 e. The first-order valence-electron chi connectivity index (χ1n) is 9.31. The van der Waals surface area contributed by atoms with Gasteiger partial charge in [0.1, 0.15) is 11.6 Å². The van der Waals surface area contributed by atoms with E-state index in [4.69, 9.17) is 0 Å². The van der Waals surface area contributed by atoms with Crippen LogP contribution >= 0.6 is 0 Å². The van der Waals surface area contributed by atoms with E-state index in [1.165, 1.54) is 16.4 Å². The first-order valence-corrected chi connectivity index (χ1v) is 10.8. The topological polar surface area (TPSA) is 95.6 Å². The highest BCUT2D eigenvalue weighted by molar-refractivity contribution is 7.89. The molecule has 2 aromatic carbocycles. The molecule has 160 valence electrons. The first-order chi connectivity index (χ1) is 14.2. The van der Waals surface area contributed by atoms with Gasteiger partial charge in [-0.3, -0.25) is 9.59 Å². The third-order valence-corrected chi connectivity index (χ3v) is 6.80. The van der Waals surface area contributed by atoms with Crippen molar-refractivity contribution >= 4 is 27.5 Å². The lowest BCUT2D eigenvalue weighted by molar-refractivity contribution is -0.136. The van der Waals surface area contributed by atoms with Crippen molar-refractivity contribution in [2.45, 2.75) is 30.7 Å². The van der Waals surface area contributed by atoms with Crippen LogP contribution in [0, 0.1) is 18.6 Å². The Hall–Kier alpha value is -2.85. The van der Waals surface area contributed by atoms with Gasteiger partial charge in [-0.25, -0.2) is 17.2 Å². The predicted octanol–water partition coefficient (Wildman–Crippen LogP) is 2.18. The molecule has 0 aromatic heterocycles. The summed E-state index contributed by atoms with van der Waals surface area (Å²) in [6.45, 7) is 2.10. The number of sulfonamides is 1. The van der Waals surface area contributed by atoms with E-state index in [0.29, 0.717) is 25.5 Å². The summed E-state index contributed by atoms with van der Waals surface area (Å²) in [4.78, 5) is 24.2. The summed E-state index contributed by atoms with van der Waals surface area (Å²) in [7, 11) is -3.73. The Balaban J connectivity index is 1.62. The Labute approximate surface area is 173 Å². The van der Waals surface area contributed by atoms with Crippen LogP contribution in [0.15, 0.2) is 47.4 Å². The monoisotopic (exact) mass is 437 g/mol. The molecule has 2 aromatic rings. The van der Waals surface area contributed by atoms with E-state index in [1.54, 1.807) is 12.1 Å². The maximum atomic E-state index is 13.6. The standard InChI is InChI=1S/C20H21F2N3O4S/c1-13-4-7-16(8-5-13)30(28,29)25-10-2-3-15(25)12-23-19(26)20(27)24-18-9-6-14(21)11-17(18)22/h4-9,11,15H,2-3,10,12H2,1H3,(H,23,26)(H,24,27)/t15-/m1/s1. The van der Waals surface area contributed by atoms with Crippen molar-refractivity contribution in [2.24, 2.45) is 0 Å². The number of aryl methyl sites for hydroxylation is 1. The molecular formula is C20H21F2N3O4S. The number of hydrogen-bond acceptors (Lipinski definition) is 4. The van der Waals surface area contributed by atoms with Crippen molar-refractivity contribution in [2.75, 3.05) is 18.4 Å². The third-order valence-electron chi connectivity index (χ3n) is 4.83. The molecule has 2 amide bonds. The SMILES string of the molecule is Cc1ccc(S(=O)(=O)N2CCC[C@@H]2CNC(=O)C(=O)Nc2ccc(F)cc2F)cc1. The molecule has 2 N–H and O–H groups in total. The van der Waals surface area contributed by atoms with E-state index in [9.17, 15) is 26.8 Å². The van der Waals surface area contributed by atoms with E-state index in [0.717, 1.165) is 17.7 Å². The number of carbonyl (C=O) groups excluding carboxylic acids is 2. The zero-order valence-corrected chi connectivity index (χ0v) is 17.0. The van der Waals surface area contributed by atoms with Crippen LogP contribution in [0.5, 0.6) is 0 Å². The van der Waals surface area contributed by atoms with E-state index in [1.807, 2.05) is 6.92 Å². The van der Waals surface area contributed by atoms with Gasteiger partial charge in [0.05, 0.1) is 10.6 Å². The molecule has 0 spiro atoms. The molecule has 0 radical (unpaired) electrons. The van der Waals surface area contributed by atoms with Crippen LogP contribution in [0.3, 0.4) is 0 Å². The van der Waals surface area contributed by atoms with Gasteiger partial charge in [-0.15, -0.1) is 0 Å². The molecule has 1 atom stereocenters. The Morgan fingerprint density at radius 2 is 1.80 bits per heavy atom. The summed E-state index contributed by atoms with van der Waals surface area (Å²) >= 11 is 0. The average Bonchev–Trinajstić information content (AvgIpc) is 3.18. The lowest BCUT2D eigenvalue weighted by Crippen LogP contribution is -2.45. The fourth-order valence-corrected chi connectivity index (χ4v) is 4.93. The zero-order chi connectivity index (χ0) is 21.9. The average molecular weight is 437 g/mol. The van der Waals surface area contributed by atoms with Crippen LogP contribution in [0.25, 0.3) is 0 Å². The molecule has 3 rings (SSSR count). The minimum atomic E-state index is -3.73. The van der Waals surface area contributed by atoms with Gasteiger partial charge in [-0.2, -0.15) is 4.31 Å². The highest BCUT2D eigenvalue weighted by Crippen LogP contribution is 2.26. The second kappa shape index (κ2) is 8.88. The van der Waals surface area contributed by atoms with Crippen molar-refractivity contribution in [1.82, 2.24) is 9.62 Å². The number of carbonyl (C=O) groups is 2. The Bertz CT molecular complexity index is 1060. The summed E-state index contributed by atoms with van der Waals surface area (Å²) in [6.07, 6.45) is 1.15.